The van der Waals surface area contributed by atoms with Gasteiger partial charge in [0, 0.05) is 24.1 Å². The molecule has 2 aromatic rings. The number of carbonyl (C=O) groups excluding carboxylic acids is 3. The van der Waals surface area contributed by atoms with Gasteiger partial charge >= 0.3 is 0 Å². The van der Waals surface area contributed by atoms with E-state index in [1.807, 2.05) is 25.1 Å². The van der Waals surface area contributed by atoms with Gasteiger partial charge in [0.2, 0.25) is 11.8 Å². The van der Waals surface area contributed by atoms with Crippen molar-refractivity contribution in [3.63, 3.8) is 0 Å². The first-order valence-corrected chi connectivity index (χ1v) is 7.76. The van der Waals surface area contributed by atoms with Gasteiger partial charge in [0.05, 0.1) is 12.2 Å². The summed E-state index contributed by atoms with van der Waals surface area (Å²) in [5.74, 6) is -0.153. The van der Waals surface area contributed by atoms with Gasteiger partial charge in [0.25, 0.3) is 5.91 Å². The normalized spacial score (nSPS) is 17.0. The van der Waals surface area contributed by atoms with Gasteiger partial charge in [-0.1, -0.05) is 12.1 Å². The Morgan fingerprint density at radius 3 is 2.58 bits per heavy atom. The largest absolute Gasteiger partial charge is 0.469 e. The summed E-state index contributed by atoms with van der Waals surface area (Å²) in [6.07, 6.45) is 2.31. The average molecular weight is 326 g/mol. The van der Waals surface area contributed by atoms with E-state index in [2.05, 4.69) is 10.6 Å². The molecule has 0 bridgehead atoms. The van der Waals surface area contributed by atoms with Gasteiger partial charge in [-0.15, -0.1) is 0 Å². The Bertz CT molecular complexity index is 777. The van der Waals surface area contributed by atoms with E-state index in [1.54, 1.807) is 18.4 Å². The first-order chi connectivity index (χ1) is 11.5. The van der Waals surface area contributed by atoms with Gasteiger partial charge < -0.3 is 9.73 Å². The number of benzene rings is 1. The molecule has 6 heteroatoms. The zero-order valence-electron chi connectivity index (χ0n) is 13.3. The lowest BCUT2D eigenvalue weighted by Gasteiger charge is -2.08. The summed E-state index contributed by atoms with van der Waals surface area (Å²) in [6.45, 7) is 2.26. The molecule has 3 rings (SSSR count). The Morgan fingerprint density at radius 1 is 1.25 bits per heavy atom. The van der Waals surface area contributed by atoms with Crippen molar-refractivity contribution in [1.82, 2.24) is 10.6 Å². The fraction of sp³-hybridized carbons (Fsp3) is 0.278. The lowest BCUT2D eigenvalue weighted by Crippen LogP contribution is -2.23. The van der Waals surface area contributed by atoms with Gasteiger partial charge in [0.1, 0.15) is 5.76 Å². The van der Waals surface area contributed by atoms with Gasteiger partial charge in [-0.3, -0.25) is 19.7 Å². The quantitative estimate of drug-likeness (QED) is 0.819. The van der Waals surface area contributed by atoms with E-state index < -0.39 is 0 Å². The second-order valence-corrected chi connectivity index (χ2v) is 5.90. The Kier molecular flexibility index (Phi) is 4.46. The molecule has 3 amide bonds. The third-order valence-electron chi connectivity index (χ3n) is 4.17. The van der Waals surface area contributed by atoms with Crippen LogP contribution in [0.5, 0.6) is 0 Å². The number of imide groups is 1. The molecule has 1 aromatic heterocycles. The monoisotopic (exact) mass is 326 g/mol. The molecular weight excluding hydrogens is 308 g/mol. The summed E-state index contributed by atoms with van der Waals surface area (Å²) < 4.78 is 5.19. The molecule has 6 nitrogen and oxygen atoms in total. The zero-order chi connectivity index (χ0) is 17.1. The summed E-state index contributed by atoms with van der Waals surface area (Å²) in [7, 11) is 0. The molecule has 1 atom stereocenters. The number of rotatable bonds is 5. The Balaban J connectivity index is 1.57. The van der Waals surface area contributed by atoms with E-state index in [9.17, 15) is 14.4 Å². The molecule has 1 saturated heterocycles. The van der Waals surface area contributed by atoms with Gasteiger partial charge in [-0.25, -0.2) is 0 Å². The molecule has 124 valence electrons. The van der Waals surface area contributed by atoms with Crippen LogP contribution < -0.4 is 10.6 Å². The first kappa shape index (κ1) is 16.0. The predicted molar refractivity (Wildman–Crippen MR) is 86.0 cm³/mol. The lowest BCUT2D eigenvalue weighted by molar-refractivity contribution is -0.125. The van der Waals surface area contributed by atoms with E-state index in [-0.39, 0.29) is 30.1 Å². The maximum absolute atomic E-state index is 12.2. The summed E-state index contributed by atoms with van der Waals surface area (Å²) in [6, 6.07) is 8.90. The molecule has 2 N–H and O–H groups in total. The zero-order valence-corrected chi connectivity index (χ0v) is 13.3. The van der Waals surface area contributed by atoms with Gasteiger partial charge in [-0.2, -0.15) is 0 Å². The molecule has 0 spiro atoms. The topological polar surface area (TPSA) is 88.4 Å². The molecule has 1 aliphatic heterocycles. The van der Waals surface area contributed by atoms with Crippen molar-refractivity contribution >= 4 is 17.7 Å². The SMILES string of the molecule is Cc1occc1CNC(=O)c1ccc(C[C@H]2CC(=O)NC2=O)cc1. The van der Waals surface area contributed by atoms with E-state index in [4.69, 9.17) is 4.42 Å². The smallest absolute Gasteiger partial charge is 0.251 e. The van der Waals surface area contributed by atoms with Crippen molar-refractivity contribution < 1.29 is 18.8 Å². The summed E-state index contributed by atoms with van der Waals surface area (Å²) >= 11 is 0. The van der Waals surface area contributed by atoms with Crippen LogP contribution in [0, 0.1) is 12.8 Å². The maximum atomic E-state index is 12.2. The van der Waals surface area contributed by atoms with Crippen LogP contribution in [0.3, 0.4) is 0 Å². The fourth-order valence-corrected chi connectivity index (χ4v) is 2.72. The average Bonchev–Trinajstić information content (AvgIpc) is 3.11. The van der Waals surface area contributed by atoms with Crippen LogP contribution in [-0.4, -0.2) is 17.7 Å². The predicted octanol–water partition coefficient (Wildman–Crippen LogP) is 1.72. The first-order valence-electron chi connectivity index (χ1n) is 7.76. The number of furan rings is 1. The Morgan fingerprint density at radius 2 is 2.00 bits per heavy atom. The Hall–Kier alpha value is -2.89. The van der Waals surface area contributed by atoms with Crippen LogP contribution >= 0.6 is 0 Å². The number of hydrogen-bond acceptors (Lipinski definition) is 4. The maximum Gasteiger partial charge on any atom is 0.251 e. The van der Waals surface area contributed by atoms with Crippen molar-refractivity contribution in [2.24, 2.45) is 5.92 Å². The second-order valence-electron chi connectivity index (χ2n) is 5.90. The highest BCUT2D eigenvalue weighted by Crippen LogP contribution is 2.18. The minimum absolute atomic E-state index is 0.170. The molecule has 24 heavy (non-hydrogen) atoms. The van der Waals surface area contributed by atoms with Crippen molar-refractivity contribution in [2.45, 2.75) is 26.3 Å². The van der Waals surface area contributed by atoms with Gasteiger partial charge in [0.15, 0.2) is 0 Å². The molecular formula is C18H18N2O4. The van der Waals surface area contributed by atoms with Crippen LogP contribution in [-0.2, 0) is 22.6 Å². The second kappa shape index (κ2) is 6.70. The van der Waals surface area contributed by atoms with E-state index in [0.717, 1.165) is 16.9 Å². The highest BCUT2D eigenvalue weighted by Gasteiger charge is 2.30. The third-order valence-corrected chi connectivity index (χ3v) is 4.17. The number of amides is 3. The third kappa shape index (κ3) is 3.53. The molecule has 1 aliphatic rings. The Labute approximate surface area is 139 Å². The van der Waals surface area contributed by atoms with E-state index in [0.29, 0.717) is 18.5 Å². The lowest BCUT2D eigenvalue weighted by atomic mass is 9.97. The van der Waals surface area contributed by atoms with Crippen LogP contribution in [0.2, 0.25) is 0 Å². The fourth-order valence-electron chi connectivity index (χ4n) is 2.72. The minimum Gasteiger partial charge on any atom is -0.469 e. The van der Waals surface area contributed by atoms with E-state index in [1.165, 1.54) is 0 Å². The highest BCUT2D eigenvalue weighted by atomic mass is 16.3. The molecule has 1 fully saturated rings. The van der Waals surface area contributed by atoms with Crippen LogP contribution in [0.1, 0.15) is 33.7 Å². The number of carbonyl (C=O) groups is 3. The van der Waals surface area contributed by atoms with Crippen molar-refractivity contribution in [1.29, 1.82) is 0 Å². The molecule has 2 heterocycles. The van der Waals surface area contributed by atoms with Crippen LogP contribution in [0.15, 0.2) is 41.0 Å². The molecule has 0 radical (unpaired) electrons. The molecule has 1 aromatic carbocycles. The highest BCUT2D eigenvalue weighted by molar-refractivity contribution is 6.03. The molecule has 0 saturated carbocycles. The summed E-state index contributed by atoms with van der Waals surface area (Å²) in [5, 5.41) is 5.14. The standard InChI is InChI=1S/C18H18N2O4/c1-11-14(6-7-24-11)10-19-17(22)13-4-2-12(3-5-13)8-15-9-16(21)20-18(15)23/h2-7,15H,8-10H2,1H3,(H,19,22)(H,20,21,23)/t15-/m0/s1. The van der Waals surface area contributed by atoms with Gasteiger partial charge in [-0.05, 0) is 37.1 Å². The minimum atomic E-state index is -0.318. The van der Waals surface area contributed by atoms with Crippen molar-refractivity contribution in [3.05, 3.63) is 59.0 Å². The number of hydrogen-bond donors (Lipinski definition) is 2. The van der Waals surface area contributed by atoms with Crippen LogP contribution in [0.4, 0.5) is 0 Å². The van der Waals surface area contributed by atoms with Crippen molar-refractivity contribution in [3.8, 4) is 0 Å². The van der Waals surface area contributed by atoms with E-state index >= 15 is 0 Å². The molecule has 0 unspecified atom stereocenters. The summed E-state index contributed by atoms with van der Waals surface area (Å²) in [4.78, 5) is 34.9. The molecule has 0 aliphatic carbocycles. The number of nitrogens with one attached hydrogen (secondary N) is 2. The van der Waals surface area contributed by atoms with Crippen molar-refractivity contribution in [2.75, 3.05) is 0 Å². The number of aryl methyl sites for hydroxylation is 1. The van der Waals surface area contributed by atoms with Crippen LogP contribution in [0.25, 0.3) is 0 Å². The summed E-state index contributed by atoms with van der Waals surface area (Å²) in [5.41, 5.74) is 2.41.